The average molecular weight is 382 g/mol. The third kappa shape index (κ3) is 1.81. The number of rotatable bonds is 0. The molecule has 0 spiro atoms. The fourth-order valence-corrected chi connectivity index (χ4v) is 7.37. The van der Waals surface area contributed by atoms with Gasteiger partial charge in [-0.05, 0) is 11.6 Å². The molecule has 0 radical (unpaired) electrons. The van der Waals surface area contributed by atoms with Crippen LogP contribution in [-0.4, -0.2) is 10.2 Å². The largest absolute Gasteiger partial charge is 0.352 e. The zero-order valence-electron chi connectivity index (χ0n) is 14.4. The second-order valence-corrected chi connectivity index (χ2v) is 9.61. The molecule has 2 atom stereocenters. The van der Waals surface area contributed by atoms with E-state index in [0.717, 1.165) is 0 Å². The lowest BCUT2D eigenvalue weighted by Gasteiger charge is -2.14. The van der Waals surface area contributed by atoms with Crippen molar-refractivity contribution in [2.45, 2.75) is 16.1 Å². The minimum absolute atomic E-state index is 0.509. The number of fused-ring (bicyclic) bond motifs is 11. The Balaban J connectivity index is 1.60. The van der Waals surface area contributed by atoms with E-state index in [2.05, 4.69) is 77.8 Å². The SMILES string of the molecule is C1=CC2Sc3c(ccc4c3[nH]c3c4ccc4c5ccccc5sc43)C2C=C1. The maximum Gasteiger partial charge on any atom is 0.0646 e. The van der Waals surface area contributed by atoms with E-state index in [1.54, 1.807) is 0 Å². The molecule has 7 rings (SSSR count). The van der Waals surface area contributed by atoms with Crippen molar-refractivity contribution in [3.8, 4) is 0 Å². The number of allylic oxidation sites excluding steroid dienone is 3. The molecule has 5 aromatic rings. The third-order valence-corrected chi connectivity index (χ3v) is 8.57. The summed E-state index contributed by atoms with van der Waals surface area (Å²) in [5.41, 5.74) is 4.07. The van der Waals surface area contributed by atoms with Gasteiger partial charge in [0.2, 0.25) is 0 Å². The molecule has 0 bridgehead atoms. The van der Waals surface area contributed by atoms with Gasteiger partial charge in [-0.2, -0.15) is 0 Å². The first-order valence-electron chi connectivity index (χ1n) is 9.29. The molecule has 0 saturated heterocycles. The molecule has 2 aromatic heterocycles. The van der Waals surface area contributed by atoms with Gasteiger partial charge < -0.3 is 4.98 Å². The standard InChI is InChI=1S/C24H15NS2/c1-3-7-19-13(5-1)17-11-9-15-16-10-12-18-14-6-2-4-8-20(14)27-24(18)22(16)25-21(15)23(17)26-19/h1-13,19,25H. The number of aromatic nitrogens is 1. The van der Waals surface area contributed by atoms with Crippen LogP contribution in [0.5, 0.6) is 0 Å². The summed E-state index contributed by atoms with van der Waals surface area (Å²) in [5.74, 6) is 0.509. The van der Waals surface area contributed by atoms with E-state index in [1.807, 2.05) is 23.1 Å². The number of thioether (sulfide) groups is 1. The Labute approximate surface area is 164 Å². The summed E-state index contributed by atoms with van der Waals surface area (Å²) >= 11 is 3.91. The van der Waals surface area contributed by atoms with Gasteiger partial charge in [-0.3, -0.25) is 0 Å². The van der Waals surface area contributed by atoms with Gasteiger partial charge in [-0.15, -0.1) is 23.1 Å². The number of hydrogen-bond donors (Lipinski definition) is 1. The number of thiophene rings is 1. The molecule has 0 saturated carbocycles. The van der Waals surface area contributed by atoms with Gasteiger partial charge in [0.15, 0.2) is 0 Å². The smallest absolute Gasteiger partial charge is 0.0646 e. The van der Waals surface area contributed by atoms with Gasteiger partial charge in [0, 0.05) is 42.3 Å². The maximum absolute atomic E-state index is 3.83. The van der Waals surface area contributed by atoms with Crippen LogP contribution in [-0.2, 0) is 0 Å². The van der Waals surface area contributed by atoms with E-state index < -0.39 is 0 Å². The molecule has 27 heavy (non-hydrogen) atoms. The van der Waals surface area contributed by atoms with Crippen LogP contribution in [0.15, 0.2) is 77.7 Å². The van der Waals surface area contributed by atoms with Crippen molar-refractivity contribution in [3.05, 3.63) is 78.4 Å². The predicted molar refractivity (Wildman–Crippen MR) is 119 cm³/mol. The molecule has 2 aliphatic rings. The van der Waals surface area contributed by atoms with Crippen LogP contribution in [0.1, 0.15) is 11.5 Å². The fraction of sp³-hybridized carbons (Fsp3) is 0.0833. The number of nitrogens with one attached hydrogen (secondary N) is 1. The van der Waals surface area contributed by atoms with Gasteiger partial charge in [-0.25, -0.2) is 0 Å². The molecule has 3 heterocycles. The minimum Gasteiger partial charge on any atom is -0.352 e. The third-order valence-electron chi connectivity index (χ3n) is 5.97. The molecule has 2 unspecified atom stereocenters. The van der Waals surface area contributed by atoms with E-state index in [4.69, 9.17) is 0 Å². The van der Waals surface area contributed by atoms with Crippen molar-refractivity contribution < 1.29 is 0 Å². The van der Waals surface area contributed by atoms with Crippen molar-refractivity contribution in [2.24, 2.45) is 0 Å². The Kier molecular flexibility index (Phi) is 2.73. The van der Waals surface area contributed by atoms with Gasteiger partial charge in [0.1, 0.15) is 0 Å². The highest BCUT2D eigenvalue weighted by Crippen LogP contribution is 2.52. The Morgan fingerprint density at radius 3 is 2.56 bits per heavy atom. The highest BCUT2D eigenvalue weighted by molar-refractivity contribution is 8.00. The Hall–Kier alpha value is -2.49. The first-order chi connectivity index (χ1) is 13.4. The zero-order valence-corrected chi connectivity index (χ0v) is 16.0. The molecule has 1 aliphatic heterocycles. The molecule has 0 fully saturated rings. The quantitative estimate of drug-likeness (QED) is 0.296. The lowest BCUT2D eigenvalue weighted by Crippen LogP contribution is -2.06. The molecule has 3 heteroatoms. The Bertz CT molecular complexity index is 1460. The minimum atomic E-state index is 0.509. The Morgan fingerprint density at radius 1 is 0.741 bits per heavy atom. The monoisotopic (exact) mass is 381 g/mol. The molecule has 0 amide bonds. The molecule has 1 nitrogen and oxygen atoms in total. The van der Waals surface area contributed by atoms with Crippen LogP contribution in [0.3, 0.4) is 0 Å². The zero-order chi connectivity index (χ0) is 17.5. The lowest BCUT2D eigenvalue weighted by molar-refractivity contribution is 0.883. The summed E-state index contributed by atoms with van der Waals surface area (Å²) in [6.07, 6.45) is 9.06. The van der Waals surface area contributed by atoms with Crippen LogP contribution < -0.4 is 0 Å². The highest BCUT2D eigenvalue weighted by Gasteiger charge is 2.33. The second-order valence-electron chi connectivity index (χ2n) is 7.37. The van der Waals surface area contributed by atoms with Crippen molar-refractivity contribution >= 4 is 65.1 Å². The van der Waals surface area contributed by atoms with Crippen LogP contribution in [0.4, 0.5) is 0 Å². The van der Waals surface area contributed by atoms with Crippen LogP contribution in [0.25, 0.3) is 42.0 Å². The highest BCUT2D eigenvalue weighted by atomic mass is 32.2. The lowest BCUT2D eigenvalue weighted by atomic mass is 9.92. The Morgan fingerprint density at radius 2 is 1.56 bits per heavy atom. The van der Waals surface area contributed by atoms with Crippen LogP contribution >= 0.6 is 23.1 Å². The topological polar surface area (TPSA) is 15.8 Å². The van der Waals surface area contributed by atoms with E-state index in [-0.39, 0.29) is 0 Å². The number of hydrogen-bond acceptors (Lipinski definition) is 2. The van der Waals surface area contributed by atoms with Crippen LogP contribution in [0.2, 0.25) is 0 Å². The summed E-state index contributed by atoms with van der Waals surface area (Å²) in [6.45, 7) is 0. The molecule has 3 aromatic carbocycles. The summed E-state index contributed by atoms with van der Waals surface area (Å²) in [7, 11) is 0. The molecular formula is C24H15NS2. The van der Waals surface area contributed by atoms with Crippen LogP contribution in [0, 0.1) is 0 Å². The summed E-state index contributed by atoms with van der Waals surface area (Å²) in [4.78, 5) is 5.27. The maximum atomic E-state index is 3.83. The normalized spacial score (nSPS) is 20.9. The molecule has 1 aliphatic carbocycles. The van der Waals surface area contributed by atoms with E-state index in [1.165, 1.54) is 52.4 Å². The van der Waals surface area contributed by atoms with E-state index >= 15 is 0 Å². The van der Waals surface area contributed by atoms with Gasteiger partial charge >= 0.3 is 0 Å². The summed E-state index contributed by atoms with van der Waals surface area (Å²) in [6, 6.07) is 18.0. The molecule has 128 valence electrons. The van der Waals surface area contributed by atoms with E-state index in [0.29, 0.717) is 11.2 Å². The first-order valence-corrected chi connectivity index (χ1v) is 11.0. The predicted octanol–water partition coefficient (Wildman–Crippen LogP) is 7.37. The first kappa shape index (κ1) is 14.6. The van der Waals surface area contributed by atoms with Gasteiger partial charge in [-0.1, -0.05) is 66.8 Å². The summed E-state index contributed by atoms with van der Waals surface area (Å²) < 4.78 is 2.73. The number of aromatic amines is 1. The fourth-order valence-electron chi connectivity index (χ4n) is 4.72. The molecular weight excluding hydrogens is 366 g/mol. The number of H-pyrrole nitrogens is 1. The van der Waals surface area contributed by atoms with Crippen molar-refractivity contribution in [1.29, 1.82) is 0 Å². The average Bonchev–Trinajstić information content (AvgIpc) is 3.38. The van der Waals surface area contributed by atoms with E-state index in [9.17, 15) is 0 Å². The van der Waals surface area contributed by atoms with Crippen molar-refractivity contribution in [1.82, 2.24) is 4.98 Å². The van der Waals surface area contributed by atoms with Crippen molar-refractivity contribution in [3.63, 3.8) is 0 Å². The summed E-state index contributed by atoms with van der Waals surface area (Å²) in [5, 5.41) is 5.94. The number of benzene rings is 3. The van der Waals surface area contributed by atoms with Crippen molar-refractivity contribution in [2.75, 3.05) is 0 Å². The van der Waals surface area contributed by atoms with Gasteiger partial charge in [0.25, 0.3) is 0 Å². The second kappa shape index (κ2) is 5.06. The van der Waals surface area contributed by atoms with Gasteiger partial charge in [0.05, 0.1) is 15.7 Å². The molecule has 1 N–H and O–H groups in total.